The summed E-state index contributed by atoms with van der Waals surface area (Å²) >= 11 is 0. The first kappa shape index (κ1) is 20.5. The maximum absolute atomic E-state index is 12.1. The number of rotatable bonds is 2. The van der Waals surface area contributed by atoms with Gasteiger partial charge in [0.15, 0.2) is 5.78 Å². The molecule has 7 atom stereocenters. The number of nitrogen functional groups attached to an aromatic ring is 1. The number of H-pyrrole nitrogens is 1. The Morgan fingerprint density at radius 2 is 1.94 bits per heavy atom. The lowest BCUT2D eigenvalue weighted by Crippen LogP contribution is -2.50. The van der Waals surface area contributed by atoms with E-state index in [1.54, 1.807) is 0 Å². The monoisotopic (exact) mass is 431 g/mol. The first-order valence-corrected chi connectivity index (χ1v) is 12.8. The minimum Gasteiger partial charge on any atom is -0.399 e. The summed E-state index contributed by atoms with van der Waals surface area (Å²) in [7, 11) is 0. The Hall–Kier alpha value is -2.10. The molecule has 1 heterocycles. The fraction of sp³-hybridized carbons (Fsp3) is 0.643. The number of ketones is 1. The van der Waals surface area contributed by atoms with E-state index in [0.717, 1.165) is 59.6 Å². The van der Waals surface area contributed by atoms with Crippen LogP contribution in [0.15, 0.2) is 29.8 Å². The molecule has 0 unspecified atom stereocenters. The third-order valence-electron chi connectivity index (χ3n) is 10.6. The second-order valence-corrected chi connectivity index (χ2v) is 11.9. The quantitative estimate of drug-likeness (QED) is 0.541. The van der Waals surface area contributed by atoms with Gasteiger partial charge in [0, 0.05) is 18.0 Å². The molecular weight excluding hydrogens is 394 g/mol. The highest BCUT2D eigenvalue weighted by molar-refractivity contribution is 5.91. The molecule has 4 heteroatoms. The summed E-state index contributed by atoms with van der Waals surface area (Å²) in [5.74, 6) is 4.98. The summed E-state index contributed by atoms with van der Waals surface area (Å²) in [5, 5.41) is 0. The average Bonchev–Trinajstić information content (AvgIpc) is 3.34. The van der Waals surface area contributed by atoms with E-state index in [-0.39, 0.29) is 5.41 Å². The van der Waals surface area contributed by atoms with E-state index in [2.05, 4.69) is 25.8 Å². The van der Waals surface area contributed by atoms with Crippen LogP contribution < -0.4 is 5.73 Å². The number of imidazole rings is 1. The number of aromatic amines is 1. The minimum atomic E-state index is 0.264. The highest BCUT2D eigenvalue weighted by Crippen LogP contribution is 2.68. The topological polar surface area (TPSA) is 71.8 Å². The molecule has 4 aliphatic rings. The van der Waals surface area contributed by atoms with E-state index in [1.165, 1.54) is 37.7 Å². The molecule has 3 N–H and O–H groups in total. The second-order valence-electron chi connectivity index (χ2n) is 11.9. The largest absolute Gasteiger partial charge is 0.399 e. The zero-order valence-corrected chi connectivity index (χ0v) is 19.8. The number of hydrogen-bond donors (Lipinski definition) is 2. The molecule has 1 aromatic carbocycles. The maximum atomic E-state index is 12.1. The summed E-state index contributed by atoms with van der Waals surface area (Å²) in [6, 6.07) is 5.98. The number of allylic oxidation sites excluding steroid dienone is 1. The van der Waals surface area contributed by atoms with Gasteiger partial charge in [0.2, 0.25) is 0 Å². The van der Waals surface area contributed by atoms with Gasteiger partial charge in [-0.05, 0) is 104 Å². The van der Waals surface area contributed by atoms with Crippen LogP contribution >= 0.6 is 0 Å². The summed E-state index contributed by atoms with van der Waals surface area (Å²) < 4.78 is 0. The average molecular weight is 432 g/mol. The lowest BCUT2D eigenvalue weighted by Gasteiger charge is -2.58. The van der Waals surface area contributed by atoms with Crippen LogP contribution in [-0.2, 0) is 4.79 Å². The van der Waals surface area contributed by atoms with Crippen molar-refractivity contribution in [3.05, 3.63) is 35.7 Å². The number of carbonyl (C=O) groups excluding carboxylic acids is 1. The van der Waals surface area contributed by atoms with E-state index < -0.39 is 0 Å². The number of carbonyl (C=O) groups is 1. The Balaban J connectivity index is 1.29. The van der Waals surface area contributed by atoms with Gasteiger partial charge in [0.1, 0.15) is 5.82 Å². The van der Waals surface area contributed by atoms with Gasteiger partial charge in [-0.15, -0.1) is 0 Å². The molecule has 0 bridgehead atoms. The fourth-order valence-corrected chi connectivity index (χ4v) is 8.87. The molecule has 0 spiro atoms. The van der Waals surface area contributed by atoms with Gasteiger partial charge in [0.05, 0.1) is 11.0 Å². The predicted octanol–water partition coefficient (Wildman–Crippen LogP) is 6.40. The number of nitrogens with zero attached hydrogens (tertiary/aromatic N) is 1. The first-order valence-electron chi connectivity index (χ1n) is 12.8. The molecule has 3 saturated carbocycles. The summed E-state index contributed by atoms with van der Waals surface area (Å²) in [5.41, 5.74) is 11.0. The smallest absolute Gasteiger partial charge is 0.155 e. The SMILES string of the molecule is C[C@H](c1nc2ccc(N)cc2[nH]1)[C@H]1CC[C@H]2[C@@H]3CCC4=CC(=O)CC[C@]4(C)[C@H]3CC[C@]12C. The highest BCUT2D eigenvalue weighted by Gasteiger charge is 2.59. The Morgan fingerprint density at radius 3 is 2.78 bits per heavy atom. The molecule has 0 radical (unpaired) electrons. The van der Waals surface area contributed by atoms with Gasteiger partial charge in [-0.25, -0.2) is 4.98 Å². The predicted molar refractivity (Wildman–Crippen MR) is 129 cm³/mol. The molecule has 0 aliphatic heterocycles. The molecule has 4 aliphatic carbocycles. The van der Waals surface area contributed by atoms with Crippen LogP contribution in [0.3, 0.4) is 0 Å². The van der Waals surface area contributed by atoms with Crippen LogP contribution in [-0.4, -0.2) is 15.8 Å². The molecule has 0 saturated heterocycles. The summed E-state index contributed by atoms with van der Waals surface area (Å²) in [6.45, 7) is 7.47. The Bertz CT molecular complexity index is 1120. The van der Waals surface area contributed by atoms with Crippen molar-refractivity contribution in [1.29, 1.82) is 0 Å². The maximum Gasteiger partial charge on any atom is 0.155 e. The summed E-state index contributed by atoms with van der Waals surface area (Å²) in [4.78, 5) is 20.7. The normalized spacial score (nSPS) is 39.8. The molecular formula is C28H37N3O. The standard InChI is InChI=1S/C28H37N3O/c1-16(26-30-24-9-5-18(29)15-25(24)31-26)21-7-8-22-20-6-4-17-14-19(32)10-12-27(17,2)23(20)11-13-28(21,22)3/h5,9,14-16,20-23H,4,6-8,10-13,29H2,1-3H3,(H,30,31)/t16-,20-,21+,22-,23-,27-,28+/m0/s1. The van der Waals surface area contributed by atoms with Gasteiger partial charge in [0.25, 0.3) is 0 Å². The molecule has 170 valence electrons. The van der Waals surface area contributed by atoms with E-state index in [0.29, 0.717) is 23.0 Å². The van der Waals surface area contributed by atoms with Crippen molar-refractivity contribution in [3.63, 3.8) is 0 Å². The Kier molecular flexibility index (Phi) is 4.45. The number of fused-ring (bicyclic) bond motifs is 6. The number of hydrogen-bond acceptors (Lipinski definition) is 3. The number of nitrogens with one attached hydrogen (secondary N) is 1. The van der Waals surface area contributed by atoms with E-state index in [4.69, 9.17) is 10.7 Å². The zero-order valence-electron chi connectivity index (χ0n) is 19.8. The van der Waals surface area contributed by atoms with Crippen molar-refractivity contribution < 1.29 is 4.79 Å². The number of nitrogens with two attached hydrogens (primary N) is 1. The van der Waals surface area contributed by atoms with Gasteiger partial charge >= 0.3 is 0 Å². The lowest BCUT2D eigenvalue weighted by molar-refractivity contribution is -0.117. The van der Waals surface area contributed by atoms with Crippen LogP contribution in [0, 0.1) is 34.5 Å². The van der Waals surface area contributed by atoms with Crippen LogP contribution in [0.1, 0.15) is 83.9 Å². The van der Waals surface area contributed by atoms with Gasteiger partial charge in [-0.1, -0.05) is 26.3 Å². The third kappa shape index (κ3) is 2.80. The zero-order chi connectivity index (χ0) is 22.3. The number of anilines is 1. The molecule has 4 nitrogen and oxygen atoms in total. The first-order chi connectivity index (χ1) is 15.3. The van der Waals surface area contributed by atoms with Crippen LogP contribution in [0.4, 0.5) is 5.69 Å². The molecule has 0 amide bonds. The Morgan fingerprint density at radius 1 is 1.09 bits per heavy atom. The van der Waals surface area contributed by atoms with Crippen molar-refractivity contribution in [2.24, 2.45) is 34.5 Å². The second kappa shape index (κ2) is 6.95. The van der Waals surface area contributed by atoms with Crippen molar-refractivity contribution in [3.8, 4) is 0 Å². The molecule has 3 fully saturated rings. The summed E-state index contributed by atoms with van der Waals surface area (Å²) in [6.07, 6.45) is 11.6. The van der Waals surface area contributed by atoms with Crippen molar-refractivity contribution >= 4 is 22.5 Å². The van der Waals surface area contributed by atoms with Gasteiger partial charge < -0.3 is 10.7 Å². The van der Waals surface area contributed by atoms with Crippen molar-refractivity contribution in [1.82, 2.24) is 9.97 Å². The molecule has 6 rings (SSSR count). The van der Waals surface area contributed by atoms with Crippen LogP contribution in [0.25, 0.3) is 11.0 Å². The van der Waals surface area contributed by atoms with Crippen molar-refractivity contribution in [2.45, 2.75) is 78.1 Å². The van der Waals surface area contributed by atoms with E-state index >= 15 is 0 Å². The van der Waals surface area contributed by atoms with E-state index in [1.807, 2.05) is 24.3 Å². The molecule has 2 aromatic rings. The van der Waals surface area contributed by atoms with Crippen LogP contribution in [0.2, 0.25) is 0 Å². The molecule has 32 heavy (non-hydrogen) atoms. The highest BCUT2D eigenvalue weighted by atomic mass is 16.1. The van der Waals surface area contributed by atoms with Gasteiger partial charge in [-0.3, -0.25) is 4.79 Å². The molecule has 1 aromatic heterocycles. The Labute approximate surface area is 191 Å². The lowest BCUT2D eigenvalue weighted by atomic mass is 9.46. The van der Waals surface area contributed by atoms with Crippen LogP contribution in [0.5, 0.6) is 0 Å². The fourth-order valence-electron chi connectivity index (χ4n) is 8.87. The number of aromatic nitrogens is 2. The third-order valence-corrected chi connectivity index (χ3v) is 10.6. The van der Waals surface area contributed by atoms with Gasteiger partial charge in [-0.2, -0.15) is 0 Å². The van der Waals surface area contributed by atoms with E-state index in [9.17, 15) is 4.79 Å². The minimum absolute atomic E-state index is 0.264. The number of benzene rings is 1. The van der Waals surface area contributed by atoms with Crippen molar-refractivity contribution in [2.75, 3.05) is 5.73 Å².